The van der Waals surface area contributed by atoms with Crippen molar-refractivity contribution in [2.45, 2.75) is 6.10 Å². The average molecular weight is 246 g/mol. The van der Waals surface area contributed by atoms with Crippen LogP contribution in [-0.4, -0.2) is 27.8 Å². The molecule has 6 nitrogen and oxygen atoms in total. The number of aliphatic hydroxyl groups is 1. The Labute approximate surface area is 104 Å². The number of carbonyl (C=O) groups is 1. The highest BCUT2D eigenvalue weighted by atomic mass is 16.3. The number of amides is 1. The van der Waals surface area contributed by atoms with Gasteiger partial charge in [0.1, 0.15) is 5.69 Å². The van der Waals surface area contributed by atoms with E-state index >= 15 is 0 Å². The Morgan fingerprint density at radius 1 is 1.44 bits per heavy atom. The molecule has 1 aromatic heterocycles. The molecule has 0 aliphatic carbocycles. The molecule has 0 radical (unpaired) electrons. The Balaban J connectivity index is 1.93. The van der Waals surface area contributed by atoms with E-state index in [-0.39, 0.29) is 23.8 Å². The third kappa shape index (κ3) is 2.67. The van der Waals surface area contributed by atoms with E-state index in [2.05, 4.69) is 15.5 Å². The quantitative estimate of drug-likeness (QED) is 0.629. The highest BCUT2D eigenvalue weighted by molar-refractivity contribution is 5.96. The van der Waals surface area contributed by atoms with E-state index in [1.165, 1.54) is 6.20 Å². The molecule has 1 aromatic carbocycles. The number of carbonyl (C=O) groups excluding carboxylic acids is 1. The zero-order chi connectivity index (χ0) is 13.0. The van der Waals surface area contributed by atoms with Gasteiger partial charge in [0, 0.05) is 6.54 Å². The highest BCUT2D eigenvalue weighted by Crippen LogP contribution is 2.11. The summed E-state index contributed by atoms with van der Waals surface area (Å²) in [4.78, 5) is 11.7. The van der Waals surface area contributed by atoms with Crippen molar-refractivity contribution in [1.29, 1.82) is 0 Å². The molecule has 1 heterocycles. The molecule has 0 saturated heterocycles. The van der Waals surface area contributed by atoms with Gasteiger partial charge < -0.3 is 16.2 Å². The number of aromatic amines is 1. The van der Waals surface area contributed by atoms with Crippen LogP contribution in [0.25, 0.3) is 0 Å². The van der Waals surface area contributed by atoms with Crippen LogP contribution in [-0.2, 0) is 0 Å². The second-order valence-electron chi connectivity index (χ2n) is 3.84. The summed E-state index contributed by atoms with van der Waals surface area (Å²) in [6, 6.07) is 9.10. The summed E-state index contributed by atoms with van der Waals surface area (Å²) >= 11 is 0. The largest absolute Gasteiger partial charge is 0.396 e. The summed E-state index contributed by atoms with van der Waals surface area (Å²) in [6.45, 7) is 0.112. The fourth-order valence-corrected chi connectivity index (χ4v) is 1.55. The second-order valence-corrected chi connectivity index (χ2v) is 3.84. The van der Waals surface area contributed by atoms with Gasteiger partial charge in [-0.3, -0.25) is 9.89 Å². The van der Waals surface area contributed by atoms with Crippen LogP contribution < -0.4 is 11.1 Å². The molecule has 1 unspecified atom stereocenters. The van der Waals surface area contributed by atoms with Gasteiger partial charge in [-0.05, 0) is 5.56 Å². The van der Waals surface area contributed by atoms with Crippen LogP contribution in [0.1, 0.15) is 22.2 Å². The maximum Gasteiger partial charge on any atom is 0.271 e. The molecule has 18 heavy (non-hydrogen) atoms. The van der Waals surface area contributed by atoms with Crippen LogP contribution in [0.5, 0.6) is 0 Å². The molecule has 1 atom stereocenters. The molecule has 1 amide bonds. The minimum Gasteiger partial charge on any atom is -0.396 e. The zero-order valence-electron chi connectivity index (χ0n) is 9.63. The maximum absolute atomic E-state index is 11.7. The average Bonchev–Trinajstić information content (AvgIpc) is 2.83. The molecule has 0 aliphatic heterocycles. The van der Waals surface area contributed by atoms with Crippen molar-refractivity contribution >= 4 is 11.6 Å². The van der Waals surface area contributed by atoms with Crippen molar-refractivity contribution in [3.05, 3.63) is 47.8 Å². The number of H-pyrrole nitrogens is 1. The molecule has 0 spiro atoms. The van der Waals surface area contributed by atoms with E-state index in [1.54, 1.807) is 12.1 Å². The lowest BCUT2D eigenvalue weighted by Crippen LogP contribution is -2.29. The van der Waals surface area contributed by atoms with Gasteiger partial charge in [0.15, 0.2) is 0 Å². The SMILES string of the molecule is Nc1cn[nH]c1C(=O)NCC(O)c1ccccc1. The van der Waals surface area contributed by atoms with Gasteiger partial charge in [0.2, 0.25) is 0 Å². The summed E-state index contributed by atoms with van der Waals surface area (Å²) in [5.74, 6) is -0.389. The van der Waals surface area contributed by atoms with Gasteiger partial charge in [-0.2, -0.15) is 5.10 Å². The third-order valence-electron chi connectivity index (χ3n) is 2.54. The highest BCUT2D eigenvalue weighted by Gasteiger charge is 2.13. The maximum atomic E-state index is 11.7. The van der Waals surface area contributed by atoms with Crippen molar-refractivity contribution < 1.29 is 9.90 Å². The van der Waals surface area contributed by atoms with Gasteiger partial charge in [-0.1, -0.05) is 30.3 Å². The molecule has 6 heteroatoms. The first-order valence-corrected chi connectivity index (χ1v) is 5.48. The number of anilines is 1. The lowest BCUT2D eigenvalue weighted by Gasteiger charge is -2.11. The number of hydrogen-bond donors (Lipinski definition) is 4. The van der Waals surface area contributed by atoms with Crippen LogP contribution in [0.3, 0.4) is 0 Å². The summed E-state index contributed by atoms with van der Waals surface area (Å²) in [5.41, 5.74) is 6.77. The summed E-state index contributed by atoms with van der Waals surface area (Å²) in [6.07, 6.45) is 0.613. The van der Waals surface area contributed by atoms with Gasteiger partial charge in [0.25, 0.3) is 5.91 Å². The number of aromatic nitrogens is 2. The molecule has 0 fully saturated rings. The summed E-state index contributed by atoms with van der Waals surface area (Å²) < 4.78 is 0. The summed E-state index contributed by atoms with van der Waals surface area (Å²) in [7, 11) is 0. The lowest BCUT2D eigenvalue weighted by atomic mass is 10.1. The first kappa shape index (κ1) is 12.1. The number of hydrogen-bond acceptors (Lipinski definition) is 4. The van der Waals surface area contributed by atoms with Crippen LogP contribution in [0.2, 0.25) is 0 Å². The molecule has 2 rings (SSSR count). The van der Waals surface area contributed by atoms with E-state index in [9.17, 15) is 9.90 Å². The number of nitrogens with one attached hydrogen (secondary N) is 2. The fourth-order valence-electron chi connectivity index (χ4n) is 1.55. The molecular weight excluding hydrogens is 232 g/mol. The first-order valence-electron chi connectivity index (χ1n) is 5.48. The number of nitrogens with zero attached hydrogens (tertiary/aromatic N) is 1. The molecule has 2 aromatic rings. The monoisotopic (exact) mass is 246 g/mol. The van der Waals surface area contributed by atoms with Crippen LogP contribution in [0.15, 0.2) is 36.5 Å². The molecule has 0 aliphatic rings. The van der Waals surface area contributed by atoms with E-state index in [0.29, 0.717) is 0 Å². The smallest absolute Gasteiger partial charge is 0.271 e. The minimum atomic E-state index is -0.751. The van der Waals surface area contributed by atoms with E-state index in [4.69, 9.17) is 5.73 Å². The lowest BCUT2D eigenvalue weighted by molar-refractivity contribution is 0.0912. The molecular formula is C12H14N4O2. The van der Waals surface area contributed by atoms with E-state index in [1.807, 2.05) is 18.2 Å². The standard InChI is InChI=1S/C12H14N4O2/c13-9-6-15-16-11(9)12(18)14-7-10(17)8-4-2-1-3-5-8/h1-6,10,17H,7,13H2,(H,14,18)(H,15,16). The van der Waals surface area contributed by atoms with Crippen molar-refractivity contribution in [2.24, 2.45) is 0 Å². The van der Waals surface area contributed by atoms with E-state index < -0.39 is 6.10 Å². The number of aliphatic hydroxyl groups excluding tert-OH is 1. The van der Waals surface area contributed by atoms with Crippen molar-refractivity contribution in [3.63, 3.8) is 0 Å². The predicted molar refractivity (Wildman–Crippen MR) is 66.7 cm³/mol. The van der Waals surface area contributed by atoms with Crippen molar-refractivity contribution in [3.8, 4) is 0 Å². The molecule has 0 saturated carbocycles. The number of nitrogens with two attached hydrogens (primary N) is 1. The summed E-state index contributed by atoms with van der Waals surface area (Å²) in [5, 5.41) is 18.6. The Hall–Kier alpha value is -2.34. The first-order chi connectivity index (χ1) is 8.68. The van der Waals surface area contributed by atoms with Gasteiger partial charge in [0.05, 0.1) is 18.0 Å². The van der Waals surface area contributed by atoms with Crippen molar-refractivity contribution in [2.75, 3.05) is 12.3 Å². The van der Waals surface area contributed by atoms with Crippen LogP contribution in [0, 0.1) is 0 Å². The molecule has 94 valence electrons. The van der Waals surface area contributed by atoms with Gasteiger partial charge in [-0.15, -0.1) is 0 Å². The van der Waals surface area contributed by atoms with Gasteiger partial charge in [-0.25, -0.2) is 0 Å². The Morgan fingerprint density at radius 3 is 2.78 bits per heavy atom. The normalized spacial score (nSPS) is 12.1. The predicted octanol–water partition coefficient (Wildman–Crippen LogP) is 0.455. The third-order valence-corrected chi connectivity index (χ3v) is 2.54. The van der Waals surface area contributed by atoms with Crippen LogP contribution >= 0.6 is 0 Å². The molecule has 5 N–H and O–H groups in total. The number of nitrogen functional groups attached to an aromatic ring is 1. The Bertz CT molecular complexity index is 524. The second kappa shape index (κ2) is 5.33. The Kier molecular flexibility index (Phi) is 3.59. The fraction of sp³-hybridized carbons (Fsp3) is 0.167. The van der Waals surface area contributed by atoms with Crippen molar-refractivity contribution in [1.82, 2.24) is 15.5 Å². The molecule has 0 bridgehead atoms. The van der Waals surface area contributed by atoms with E-state index in [0.717, 1.165) is 5.56 Å². The van der Waals surface area contributed by atoms with Crippen LogP contribution in [0.4, 0.5) is 5.69 Å². The zero-order valence-corrected chi connectivity index (χ0v) is 9.63. The minimum absolute atomic E-state index is 0.112. The van der Waals surface area contributed by atoms with Gasteiger partial charge >= 0.3 is 0 Å². The number of rotatable bonds is 4. The topological polar surface area (TPSA) is 104 Å². The number of benzene rings is 1. The Morgan fingerprint density at radius 2 is 2.17 bits per heavy atom.